The van der Waals surface area contributed by atoms with Gasteiger partial charge in [-0.1, -0.05) is 0 Å². The Bertz CT molecular complexity index is 521. The van der Waals surface area contributed by atoms with Crippen molar-refractivity contribution in [2.45, 2.75) is 19.3 Å². The number of halogens is 1. The van der Waals surface area contributed by atoms with Gasteiger partial charge < -0.3 is 4.74 Å². The molecule has 0 saturated heterocycles. The van der Waals surface area contributed by atoms with Crippen molar-refractivity contribution >= 4 is 5.69 Å². The fourth-order valence-electron chi connectivity index (χ4n) is 1.68. The third kappa shape index (κ3) is 2.56. The smallest absolute Gasteiger partial charge is 0.305 e. The van der Waals surface area contributed by atoms with Gasteiger partial charge in [0.25, 0.3) is 0 Å². The number of rotatable bonds is 5. The molecule has 2 rings (SSSR count). The maximum Gasteiger partial charge on any atom is 0.305 e. The molecule has 1 saturated carbocycles. The predicted octanol–water partition coefficient (Wildman–Crippen LogP) is 2.81. The standard InChI is InChI=1S/C12H11FN2O3/c13-10-7-9(1-2-11(10)15(16)17)18-8-12(3-4-12)5-6-14/h1-2,7H,3-5,8H2. The maximum atomic E-state index is 13.3. The first-order chi connectivity index (χ1) is 8.56. The molecule has 0 spiro atoms. The molecule has 1 aliphatic rings. The molecule has 1 aliphatic carbocycles. The van der Waals surface area contributed by atoms with Crippen molar-refractivity contribution in [3.8, 4) is 11.8 Å². The Morgan fingerprint density at radius 1 is 1.56 bits per heavy atom. The normalized spacial score (nSPS) is 15.8. The van der Waals surface area contributed by atoms with Gasteiger partial charge in [0.15, 0.2) is 0 Å². The monoisotopic (exact) mass is 250 g/mol. The topological polar surface area (TPSA) is 76.2 Å². The number of ether oxygens (including phenoxy) is 1. The van der Waals surface area contributed by atoms with Crippen molar-refractivity contribution in [1.29, 1.82) is 5.26 Å². The summed E-state index contributed by atoms with van der Waals surface area (Å²) in [5.74, 6) is -0.662. The zero-order chi connectivity index (χ0) is 13.2. The minimum Gasteiger partial charge on any atom is -0.493 e. The van der Waals surface area contributed by atoms with Gasteiger partial charge in [0.05, 0.1) is 17.6 Å². The molecule has 94 valence electrons. The second kappa shape index (κ2) is 4.61. The summed E-state index contributed by atoms with van der Waals surface area (Å²) in [6, 6.07) is 5.54. The van der Waals surface area contributed by atoms with Crippen molar-refractivity contribution in [1.82, 2.24) is 0 Å². The van der Waals surface area contributed by atoms with Crippen LogP contribution in [0.4, 0.5) is 10.1 Å². The Morgan fingerprint density at radius 3 is 2.78 bits per heavy atom. The quantitative estimate of drug-likeness (QED) is 0.594. The lowest BCUT2D eigenvalue weighted by Gasteiger charge is -2.12. The van der Waals surface area contributed by atoms with Crippen molar-refractivity contribution in [2.24, 2.45) is 5.41 Å². The molecular formula is C12H11FN2O3. The van der Waals surface area contributed by atoms with Crippen LogP contribution in [-0.4, -0.2) is 11.5 Å². The minimum atomic E-state index is -0.914. The second-order valence-electron chi connectivity index (χ2n) is 4.49. The number of hydrogen-bond donors (Lipinski definition) is 0. The lowest BCUT2D eigenvalue weighted by Crippen LogP contribution is -2.12. The molecule has 0 atom stereocenters. The third-order valence-corrected chi connectivity index (χ3v) is 3.07. The summed E-state index contributed by atoms with van der Waals surface area (Å²) < 4.78 is 18.7. The zero-order valence-electron chi connectivity index (χ0n) is 9.56. The second-order valence-corrected chi connectivity index (χ2v) is 4.49. The van der Waals surface area contributed by atoms with E-state index in [2.05, 4.69) is 6.07 Å². The molecule has 1 fully saturated rings. The lowest BCUT2D eigenvalue weighted by molar-refractivity contribution is -0.387. The number of nitro benzene ring substituents is 1. The van der Waals surface area contributed by atoms with Crippen LogP contribution in [-0.2, 0) is 0 Å². The molecule has 6 heteroatoms. The summed E-state index contributed by atoms with van der Waals surface area (Å²) in [5, 5.41) is 19.1. The van der Waals surface area contributed by atoms with Crippen LogP contribution in [0.15, 0.2) is 18.2 Å². The summed E-state index contributed by atoms with van der Waals surface area (Å²) in [4.78, 5) is 9.65. The average Bonchev–Trinajstić information content (AvgIpc) is 3.07. The molecule has 1 aromatic carbocycles. The molecule has 18 heavy (non-hydrogen) atoms. The highest BCUT2D eigenvalue weighted by atomic mass is 19.1. The number of benzene rings is 1. The molecule has 0 amide bonds. The van der Waals surface area contributed by atoms with E-state index in [1.54, 1.807) is 0 Å². The van der Waals surface area contributed by atoms with E-state index in [-0.39, 0.29) is 11.2 Å². The van der Waals surface area contributed by atoms with Gasteiger partial charge in [-0.3, -0.25) is 10.1 Å². The molecule has 0 radical (unpaired) electrons. The lowest BCUT2D eigenvalue weighted by atomic mass is 10.1. The van der Waals surface area contributed by atoms with Gasteiger partial charge in [-0.2, -0.15) is 9.65 Å². The highest BCUT2D eigenvalue weighted by Crippen LogP contribution is 2.48. The summed E-state index contributed by atoms with van der Waals surface area (Å²) >= 11 is 0. The maximum absolute atomic E-state index is 13.3. The highest BCUT2D eigenvalue weighted by Gasteiger charge is 2.43. The largest absolute Gasteiger partial charge is 0.493 e. The van der Waals surface area contributed by atoms with Crippen LogP contribution in [0.2, 0.25) is 0 Å². The fourth-order valence-corrected chi connectivity index (χ4v) is 1.68. The summed E-state index contributed by atoms with van der Waals surface area (Å²) in [5.41, 5.74) is -0.673. The number of nitrogens with zero attached hydrogens (tertiary/aromatic N) is 2. The molecule has 0 aliphatic heterocycles. The van der Waals surface area contributed by atoms with Gasteiger partial charge in [0, 0.05) is 24.0 Å². The Labute approximate surface area is 103 Å². The van der Waals surface area contributed by atoms with E-state index in [1.807, 2.05) is 0 Å². The Kier molecular flexibility index (Phi) is 3.15. The van der Waals surface area contributed by atoms with Gasteiger partial charge >= 0.3 is 5.69 Å². The van der Waals surface area contributed by atoms with Gasteiger partial charge in [0.1, 0.15) is 5.75 Å². The molecular weight excluding hydrogens is 239 g/mol. The van der Waals surface area contributed by atoms with E-state index in [0.717, 1.165) is 25.0 Å². The Morgan fingerprint density at radius 2 is 2.28 bits per heavy atom. The van der Waals surface area contributed by atoms with Crippen LogP contribution in [0.5, 0.6) is 5.75 Å². The molecule has 0 N–H and O–H groups in total. The van der Waals surface area contributed by atoms with Crippen LogP contribution in [0.1, 0.15) is 19.3 Å². The molecule has 0 aromatic heterocycles. The fraction of sp³-hybridized carbons (Fsp3) is 0.417. The number of hydrogen-bond acceptors (Lipinski definition) is 4. The van der Waals surface area contributed by atoms with Crippen LogP contribution in [0, 0.1) is 32.7 Å². The van der Waals surface area contributed by atoms with Gasteiger partial charge in [-0.25, -0.2) is 0 Å². The molecule has 0 unspecified atom stereocenters. The van der Waals surface area contributed by atoms with Crippen molar-refractivity contribution in [3.05, 3.63) is 34.1 Å². The van der Waals surface area contributed by atoms with Crippen LogP contribution < -0.4 is 4.74 Å². The molecule has 1 aromatic rings. The van der Waals surface area contributed by atoms with E-state index in [1.165, 1.54) is 6.07 Å². The van der Waals surface area contributed by atoms with Crippen LogP contribution in [0.25, 0.3) is 0 Å². The first-order valence-electron chi connectivity index (χ1n) is 5.50. The van der Waals surface area contributed by atoms with E-state index >= 15 is 0 Å². The highest BCUT2D eigenvalue weighted by molar-refractivity contribution is 5.38. The van der Waals surface area contributed by atoms with Crippen LogP contribution in [0.3, 0.4) is 0 Å². The summed E-state index contributed by atoms with van der Waals surface area (Å²) in [7, 11) is 0. The molecule has 5 nitrogen and oxygen atoms in total. The van der Waals surface area contributed by atoms with Gasteiger partial charge in [-0.15, -0.1) is 0 Å². The average molecular weight is 250 g/mol. The van der Waals surface area contributed by atoms with Crippen LogP contribution >= 0.6 is 0 Å². The van der Waals surface area contributed by atoms with E-state index < -0.39 is 16.4 Å². The van der Waals surface area contributed by atoms with E-state index in [0.29, 0.717) is 13.0 Å². The first kappa shape index (κ1) is 12.3. The van der Waals surface area contributed by atoms with Crippen molar-refractivity contribution < 1.29 is 14.1 Å². The van der Waals surface area contributed by atoms with Crippen molar-refractivity contribution in [2.75, 3.05) is 6.61 Å². The number of nitriles is 1. The molecule has 0 bridgehead atoms. The first-order valence-corrected chi connectivity index (χ1v) is 5.50. The van der Waals surface area contributed by atoms with E-state index in [4.69, 9.17) is 10.00 Å². The summed E-state index contributed by atoms with van der Waals surface area (Å²) in [6.07, 6.45) is 2.27. The van der Waals surface area contributed by atoms with Gasteiger partial charge in [-0.05, 0) is 18.9 Å². The predicted molar refractivity (Wildman–Crippen MR) is 60.4 cm³/mol. The Hall–Kier alpha value is -2.16. The summed E-state index contributed by atoms with van der Waals surface area (Å²) in [6.45, 7) is 0.345. The van der Waals surface area contributed by atoms with Gasteiger partial charge in [0.2, 0.25) is 5.82 Å². The number of nitro groups is 1. The SMILES string of the molecule is N#CCC1(COc2ccc([N+](=O)[O-])c(F)c2)CC1. The Balaban J connectivity index is 2.01. The third-order valence-electron chi connectivity index (χ3n) is 3.07. The van der Waals surface area contributed by atoms with Crippen molar-refractivity contribution in [3.63, 3.8) is 0 Å². The minimum absolute atomic E-state index is 0.104. The molecule has 0 heterocycles. The van der Waals surface area contributed by atoms with E-state index in [9.17, 15) is 14.5 Å². The zero-order valence-corrected chi connectivity index (χ0v) is 9.56.